The van der Waals surface area contributed by atoms with E-state index in [0.29, 0.717) is 16.9 Å². The second-order valence-corrected chi connectivity index (χ2v) is 4.29. The summed E-state index contributed by atoms with van der Waals surface area (Å²) in [7, 11) is 0. The van der Waals surface area contributed by atoms with E-state index in [1.54, 1.807) is 24.3 Å². The number of nitro groups is 1. The average molecular weight is 271 g/mol. The number of carbonyl (C=O) groups excluding carboxylic acids is 1. The second kappa shape index (κ2) is 5.40. The zero-order valence-electron chi connectivity index (χ0n) is 10.8. The smallest absolute Gasteiger partial charge is 0.271 e. The SMILES string of the molecule is CC(=O)c1cccc(Nc2ccc([N+](=O)[O-])cc2N)c1. The largest absolute Gasteiger partial charge is 0.397 e. The maximum absolute atomic E-state index is 11.3. The summed E-state index contributed by atoms with van der Waals surface area (Å²) in [6, 6.07) is 11.1. The van der Waals surface area contributed by atoms with Crippen LogP contribution in [0.15, 0.2) is 42.5 Å². The van der Waals surface area contributed by atoms with E-state index in [4.69, 9.17) is 5.73 Å². The van der Waals surface area contributed by atoms with E-state index in [-0.39, 0.29) is 17.2 Å². The Kier molecular flexibility index (Phi) is 3.65. The number of nitro benzene ring substituents is 1. The first-order chi connectivity index (χ1) is 9.47. The normalized spacial score (nSPS) is 10.1. The van der Waals surface area contributed by atoms with Gasteiger partial charge in [-0.1, -0.05) is 12.1 Å². The molecule has 0 unspecified atom stereocenters. The zero-order chi connectivity index (χ0) is 14.7. The number of anilines is 3. The Bertz CT molecular complexity index is 683. The van der Waals surface area contributed by atoms with Crippen LogP contribution in [0.2, 0.25) is 0 Å². The molecular weight excluding hydrogens is 258 g/mol. The predicted molar refractivity (Wildman–Crippen MR) is 77.2 cm³/mol. The number of nitrogens with one attached hydrogen (secondary N) is 1. The van der Waals surface area contributed by atoms with Crippen LogP contribution in [0.5, 0.6) is 0 Å². The van der Waals surface area contributed by atoms with Crippen LogP contribution in [0.4, 0.5) is 22.7 Å². The summed E-state index contributed by atoms with van der Waals surface area (Å²) in [6.45, 7) is 1.49. The van der Waals surface area contributed by atoms with Gasteiger partial charge in [-0.3, -0.25) is 14.9 Å². The third kappa shape index (κ3) is 2.92. The zero-order valence-corrected chi connectivity index (χ0v) is 10.8. The molecule has 0 fully saturated rings. The van der Waals surface area contributed by atoms with Gasteiger partial charge in [-0.2, -0.15) is 0 Å². The molecule has 0 amide bonds. The van der Waals surface area contributed by atoms with Crippen LogP contribution in [0.25, 0.3) is 0 Å². The lowest BCUT2D eigenvalue weighted by molar-refractivity contribution is -0.384. The first kappa shape index (κ1) is 13.5. The van der Waals surface area contributed by atoms with Crippen molar-refractivity contribution >= 4 is 28.5 Å². The Morgan fingerprint density at radius 3 is 2.60 bits per heavy atom. The van der Waals surface area contributed by atoms with Crippen LogP contribution in [0.1, 0.15) is 17.3 Å². The molecule has 102 valence electrons. The van der Waals surface area contributed by atoms with Gasteiger partial charge in [-0.25, -0.2) is 0 Å². The minimum absolute atomic E-state index is 0.0367. The Morgan fingerprint density at radius 2 is 2.00 bits per heavy atom. The molecule has 6 nitrogen and oxygen atoms in total. The van der Waals surface area contributed by atoms with E-state index < -0.39 is 4.92 Å². The summed E-state index contributed by atoms with van der Waals surface area (Å²) in [4.78, 5) is 21.4. The molecule has 0 radical (unpaired) electrons. The van der Waals surface area contributed by atoms with Crippen molar-refractivity contribution in [3.63, 3.8) is 0 Å². The fourth-order valence-corrected chi connectivity index (χ4v) is 1.75. The van der Waals surface area contributed by atoms with Gasteiger partial charge < -0.3 is 11.1 Å². The molecule has 0 saturated heterocycles. The molecule has 3 N–H and O–H groups in total. The van der Waals surface area contributed by atoms with E-state index in [0.717, 1.165) is 0 Å². The number of non-ortho nitro benzene ring substituents is 1. The molecule has 20 heavy (non-hydrogen) atoms. The molecule has 0 bridgehead atoms. The molecule has 0 saturated carbocycles. The summed E-state index contributed by atoms with van der Waals surface area (Å²) in [5.41, 5.74) is 7.80. The van der Waals surface area contributed by atoms with Gasteiger partial charge >= 0.3 is 0 Å². The highest BCUT2D eigenvalue weighted by atomic mass is 16.6. The molecule has 0 spiro atoms. The third-order valence-electron chi connectivity index (χ3n) is 2.79. The number of nitrogen functional groups attached to an aromatic ring is 1. The number of Topliss-reactive ketones (excluding diaryl/α,β-unsaturated/α-hetero) is 1. The first-order valence-electron chi connectivity index (χ1n) is 5.89. The van der Waals surface area contributed by atoms with Crippen LogP contribution in [-0.2, 0) is 0 Å². The van der Waals surface area contributed by atoms with E-state index in [2.05, 4.69) is 5.32 Å². The maximum Gasteiger partial charge on any atom is 0.271 e. The molecular formula is C14H13N3O3. The molecule has 6 heteroatoms. The van der Waals surface area contributed by atoms with Crippen molar-refractivity contribution in [1.29, 1.82) is 0 Å². The van der Waals surface area contributed by atoms with Crippen molar-refractivity contribution < 1.29 is 9.72 Å². The number of hydrogen-bond acceptors (Lipinski definition) is 5. The minimum Gasteiger partial charge on any atom is -0.397 e. The summed E-state index contributed by atoms with van der Waals surface area (Å²) < 4.78 is 0. The van der Waals surface area contributed by atoms with Crippen molar-refractivity contribution in [2.24, 2.45) is 0 Å². The van der Waals surface area contributed by atoms with Crippen molar-refractivity contribution in [2.45, 2.75) is 6.92 Å². The highest BCUT2D eigenvalue weighted by Gasteiger charge is 2.09. The quantitative estimate of drug-likeness (QED) is 0.385. The van der Waals surface area contributed by atoms with Crippen molar-refractivity contribution in [2.75, 3.05) is 11.1 Å². The van der Waals surface area contributed by atoms with Gasteiger partial charge in [0.05, 0.1) is 16.3 Å². The lowest BCUT2D eigenvalue weighted by Crippen LogP contribution is -1.99. The molecule has 2 aromatic carbocycles. The molecule has 0 aliphatic heterocycles. The van der Waals surface area contributed by atoms with Crippen molar-refractivity contribution in [1.82, 2.24) is 0 Å². The van der Waals surface area contributed by atoms with Gasteiger partial charge in [0.2, 0.25) is 0 Å². The third-order valence-corrected chi connectivity index (χ3v) is 2.79. The van der Waals surface area contributed by atoms with E-state index in [1.165, 1.54) is 25.1 Å². The highest BCUT2D eigenvalue weighted by Crippen LogP contribution is 2.27. The molecule has 0 aromatic heterocycles. The molecule has 2 rings (SSSR count). The van der Waals surface area contributed by atoms with Gasteiger partial charge in [0, 0.05) is 23.4 Å². The van der Waals surface area contributed by atoms with Gasteiger partial charge in [0.1, 0.15) is 0 Å². The van der Waals surface area contributed by atoms with Crippen molar-refractivity contribution in [3.8, 4) is 0 Å². The fourth-order valence-electron chi connectivity index (χ4n) is 1.75. The number of carbonyl (C=O) groups is 1. The van der Waals surface area contributed by atoms with Gasteiger partial charge in [0.15, 0.2) is 5.78 Å². The lowest BCUT2D eigenvalue weighted by atomic mass is 10.1. The first-order valence-corrected chi connectivity index (χ1v) is 5.89. The monoisotopic (exact) mass is 271 g/mol. The lowest BCUT2D eigenvalue weighted by Gasteiger charge is -2.09. The average Bonchev–Trinajstić information content (AvgIpc) is 2.41. The van der Waals surface area contributed by atoms with Gasteiger partial charge in [0.25, 0.3) is 5.69 Å². The van der Waals surface area contributed by atoms with Gasteiger partial charge in [-0.05, 0) is 25.1 Å². The fraction of sp³-hybridized carbons (Fsp3) is 0.0714. The van der Waals surface area contributed by atoms with Gasteiger partial charge in [-0.15, -0.1) is 0 Å². The van der Waals surface area contributed by atoms with E-state index >= 15 is 0 Å². The Hall–Kier alpha value is -2.89. The second-order valence-electron chi connectivity index (χ2n) is 4.29. The van der Waals surface area contributed by atoms with Crippen LogP contribution >= 0.6 is 0 Å². The number of benzene rings is 2. The number of ketones is 1. The molecule has 0 atom stereocenters. The summed E-state index contributed by atoms with van der Waals surface area (Å²) in [6.07, 6.45) is 0. The predicted octanol–water partition coefficient (Wildman–Crippen LogP) is 3.12. The Morgan fingerprint density at radius 1 is 1.25 bits per heavy atom. The van der Waals surface area contributed by atoms with E-state index in [9.17, 15) is 14.9 Å². The standard InChI is InChI=1S/C14H13N3O3/c1-9(18)10-3-2-4-11(7-10)16-14-6-5-12(17(19)20)8-13(14)15/h2-8,16H,15H2,1H3. The summed E-state index contributed by atoms with van der Waals surface area (Å²) in [5.74, 6) is -0.0367. The molecule has 0 aliphatic carbocycles. The van der Waals surface area contributed by atoms with E-state index in [1.807, 2.05) is 0 Å². The Balaban J connectivity index is 2.28. The van der Waals surface area contributed by atoms with Crippen LogP contribution in [0.3, 0.4) is 0 Å². The molecule has 0 heterocycles. The maximum atomic E-state index is 11.3. The number of nitrogens with zero attached hydrogens (tertiary/aromatic N) is 1. The van der Waals surface area contributed by atoms with Crippen LogP contribution < -0.4 is 11.1 Å². The molecule has 2 aromatic rings. The number of rotatable bonds is 4. The van der Waals surface area contributed by atoms with Crippen LogP contribution in [0, 0.1) is 10.1 Å². The van der Waals surface area contributed by atoms with Crippen LogP contribution in [-0.4, -0.2) is 10.7 Å². The number of nitrogens with two attached hydrogens (primary N) is 1. The molecule has 0 aliphatic rings. The van der Waals surface area contributed by atoms with Crippen molar-refractivity contribution in [3.05, 3.63) is 58.1 Å². The minimum atomic E-state index is -0.503. The summed E-state index contributed by atoms with van der Waals surface area (Å²) >= 11 is 0. The highest BCUT2D eigenvalue weighted by molar-refractivity contribution is 5.95. The Labute approximate surface area is 115 Å². The topological polar surface area (TPSA) is 98.3 Å². The number of hydrogen-bond donors (Lipinski definition) is 2. The summed E-state index contributed by atoms with van der Waals surface area (Å²) in [5, 5.41) is 13.7.